The number of hydrogen-bond donors (Lipinski definition) is 2. The highest BCUT2D eigenvalue weighted by molar-refractivity contribution is 6.30. The molecular weight excluding hydrogens is 382 g/mol. The Hall–Kier alpha value is -2.99. The van der Waals surface area contributed by atoms with Gasteiger partial charge in [-0.3, -0.25) is 9.59 Å². The number of methoxy groups -OCH3 is 1. The predicted molar refractivity (Wildman–Crippen MR) is 107 cm³/mol. The standard InChI is InChI=1S/C21H22ClNO5/c1-3-4-14-5-10-18(19(11-14)27-2)28-13-20(24)23-17(12-21(25)26)15-6-8-16(22)9-7-15/h3,5-11,17H,1,4,12-13H2,2H3,(H,23,24)(H,25,26)/t17-/m0/s1. The van der Waals surface area contributed by atoms with E-state index in [-0.39, 0.29) is 13.0 Å². The summed E-state index contributed by atoms with van der Waals surface area (Å²) in [5.41, 5.74) is 1.65. The van der Waals surface area contributed by atoms with Gasteiger partial charge in [-0.15, -0.1) is 6.58 Å². The van der Waals surface area contributed by atoms with Gasteiger partial charge in [0.05, 0.1) is 19.6 Å². The van der Waals surface area contributed by atoms with Gasteiger partial charge in [0.1, 0.15) is 0 Å². The molecule has 28 heavy (non-hydrogen) atoms. The van der Waals surface area contributed by atoms with Gasteiger partial charge in [-0.05, 0) is 41.8 Å². The number of nitrogens with one attached hydrogen (secondary N) is 1. The van der Waals surface area contributed by atoms with Gasteiger partial charge in [-0.2, -0.15) is 0 Å². The second kappa shape index (κ2) is 10.4. The summed E-state index contributed by atoms with van der Waals surface area (Å²) in [6.45, 7) is 3.42. The summed E-state index contributed by atoms with van der Waals surface area (Å²) in [7, 11) is 1.52. The van der Waals surface area contributed by atoms with Crippen LogP contribution in [0.3, 0.4) is 0 Å². The van der Waals surface area contributed by atoms with Crippen molar-refractivity contribution >= 4 is 23.5 Å². The number of ether oxygens (including phenoxy) is 2. The van der Waals surface area contributed by atoms with Crippen molar-refractivity contribution < 1.29 is 24.2 Å². The summed E-state index contributed by atoms with van der Waals surface area (Å²) in [6.07, 6.45) is 2.21. The lowest BCUT2D eigenvalue weighted by molar-refractivity contribution is -0.137. The van der Waals surface area contributed by atoms with Crippen LogP contribution < -0.4 is 14.8 Å². The number of hydrogen-bond acceptors (Lipinski definition) is 4. The topological polar surface area (TPSA) is 84.9 Å². The Labute approximate surface area is 168 Å². The molecule has 148 valence electrons. The summed E-state index contributed by atoms with van der Waals surface area (Å²) in [6, 6.07) is 11.3. The van der Waals surface area contributed by atoms with Gasteiger partial charge in [0.25, 0.3) is 5.91 Å². The zero-order valence-corrected chi connectivity index (χ0v) is 16.2. The van der Waals surface area contributed by atoms with Gasteiger partial charge >= 0.3 is 5.97 Å². The molecule has 2 N–H and O–H groups in total. The summed E-state index contributed by atoms with van der Waals surface area (Å²) in [5, 5.41) is 12.3. The Morgan fingerprint density at radius 3 is 2.54 bits per heavy atom. The van der Waals surface area contributed by atoms with E-state index in [9.17, 15) is 9.59 Å². The second-order valence-corrected chi connectivity index (χ2v) is 6.47. The summed E-state index contributed by atoms with van der Waals surface area (Å²) in [4.78, 5) is 23.5. The van der Waals surface area contributed by atoms with Crippen molar-refractivity contribution in [3.8, 4) is 11.5 Å². The fraction of sp³-hybridized carbons (Fsp3) is 0.238. The maximum Gasteiger partial charge on any atom is 0.305 e. The largest absolute Gasteiger partial charge is 0.493 e. The Morgan fingerprint density at radius 1 is 1.21 bits per heavy atom. The predicted octanol–water partition coefficient (Wildman–Crippen LogP) is 3.79. The molecule has 1 atom stereocenters. The number of amides is 1. The third-order valence-electron chi connectivity index (χ3n) is 3.95. The van der Waals surface area contributed by atoms with Crippen molar-refractivity contribution in [1.82, 2.24) is 5.32 Å². The van der Waals surface area contributed by atoms with Crippen LogP contribution in [-0.4, -0.2) is 30.7 Å². The Morgan fingerprint density at radius 2 is 1.93 bits per heavy atom. The van der Waals surface area contributed by atoms with E-state index in [1.165, 1.54) is 7.11 Å². The van der Waals surface area contributed by atoms with E-state index in [0.717, 1.165) is 5.56 Å². The monoisotopic (exact) mass is 403 g/mol. The fourth-order valence-corrected chi connectivity index (χ4v) is 2.75. The molecule has 2 rings (SSSR count). The van der Waals surface area contributed by atoms with E-state index in [0.29, 0.717) is 28.5 Å². The summed E-state index contributed by atoms with van der Waals surface area (Å²) in [5.74, 6) is -0.544. The Bertz CT molecular complexity index is 835. The van der Waals surface area contributed by atoms with Crippen LogP contribution in [0.15, 0.2) is 55.1 Å². The Balaban J connectivity index is 2.03. The highest BCUT2D eigenvalue weighted by Crippen LogP contribution is 2.28. The third-order valence-corrected chi connectivity index (χ3v) is 4.21. The first-order valence-electron chi connectivity index (χ1n) is 8.60. The Kier molecular flexibility index (Phi) is 7.89. The van der Waals surface area contributed by atoms with Crippen LogP contribution in [0.25, 0.3) is 0 Å². The van der Waals surface area contributed by atoms with Gasteiger partial charge in [-0.1, -0.05) is 35.9 Å². The maximum absolute atomic E-state index is 12.3. The molecule has 0 saturated heterocycles. The molecule has 2 aromatic carbocycles. The molecule has 0 spiro atoms. The van der Waals surface area contributed by atoms with Gasteiger partial charge in [-0.25, -0.2) is 0 Å². The molecule has 1 amide bonds. The molecule has 0 aliphatic carbocycles. The number of carboxylic acid groups (broad SMARTS) is 1. The van der Waals surface area contributed by atoms with Crippen molar-refractivity contribution in [3.05, 3.63) is 71.3 Å². The van der Waals surface area contributed by atoms with Gasteiger partial charge in [0.2, 0.25) is 0 Å². The molecule has 7 heteroatoms. The van der Waals surface area contributed by atoms with Gasteiger partial charge < -0.3 is 19.9 Å². The first-order chi connectivity index (χ1) is 13.4. The number of benzene rings is 2. The first kappa shape index (κ1) is 21.3. The summed E-state index contributed by atoms with van der Waals surface area (Å²) < 4.78 is 10.9. The van der Waals surface area contributed by atoms with E-state index < -0.39 is 17.9 Å². The number of carboxylic acids is 1. The molecule has 0 radical (unpaired) electrons. The van der Waals surface area contributed by atoms with Crippen LogP contribution in [0.2, 0.25) is 5.02 Å². The molecule has 0 fully saturated rings. The average Bonchev–Trinajstić information content (AvgIpc) is 2.66. The minimum absolute atomic E-state index is 0.257. The number of rotatable bonds is 10. The molecule has 0 aliphatic rings. The molecular formula is C21H22ClNO5. The molecule has 2 aromatic rings. The number of aliphatic carboxylic acids is 1. The smallest absolute Gasteiger partial charge is 0.305 e. The number of carbonyl (C=O) groups excluding carboxylic acids is 1. The minimum atomic E-state index is -1.03. The molecule has 0 unspecified atom stereocenters. The van der Waals surface area contributed by atoms with Crippen molar-refractivity contribution in [2.45, 2.75) is 18.9 Å². The van der Waals surface area contributed by atoms with Crippen molar-refractivity contribution in [2.75, 3.05) is 13.7 Å². The number of allylic oxidation sites excluding steroid dienone is 1. The normalized spacial score (nSPS) is 11.4. The molecule has 0 saturated carbocycles. The average molecular weight is 404 g/mol. The van der Waals surface area contributed by atoms with E-state index >= 15 is 0 Å². The highest BCUT2D eigenvalue weighted by atomic mass is 35.5. The van der Waals surface area contributed by atoms with Gasteiger partial charge in [0.15, 0.2) is 18.1 Å². The van der Waals surface area contributed by atoms with E-state index in [1.54, 1.807) is 36.4 Å². The number of carbonyl (C=O) groups is 2. The second-order valence-electron chi connectivity index (χ2n) is 6.04. The van der Waals surface area contributed by atoms with E-state index in [4.69, 9.17) is 26.2 Å². The quantitative estimate of drug-likeness (QED) is 0.589. The van der Waals surface area contributed by atoms with Crippen LogP contribution in [-0.2, 0) is 16.0 Å². The lowest BCUT2D eigenvalue weighted by Gasteiger charge is -2.18. The van der Waals surface area contributed by atoms with Crippen LogP contribution in [0.4, 0.5) is 0 Å². The van der Waals surface area contributed by atoms with Crippen molar-refractivity contribution in [2.24, 2.45) is 0 Å². The van der Waals surface area contributed by atoms with Crippen molar-refractivity contribution in [3.63, 3.8) is 0 Å². The van der Waals surface area contributed by atoms with E-state index in [2.05, 4.69) is 11.9 Å². The zero-order chi connectivity index (χ0) is 20.5. The molecule has 0 bridgehead atoms. The fourth-order valence-electron chi connectivity index (χ4n) is 2.63. The van der Waals surface area contributed by atoms with Crippen LogP contribution in [0, 0.1) is 0 Å². The molecule has 0 heterocycles. The van der Waals surface area contributed by atoms with Crippen LogP contribution in [0.1, 0.15) is 23.6 Å². The highest BCUT2D eigenvalue weighted by Gasteiger charge is 2.19. The van der Waals surface area contributed by atoms with Gasteiger partial charge in [0, 0.05) is 5.02 Å². The lowest BCUT2D eigenvalue weighted by atomic mass is 10.0. The number of halogens is 1. The first-order valence-corrected chi connectivity index (χ1v) is 8.98. The zero-order valence-electron chi connectivity index (χ0n) is 15.5. The molecule has 6 nitrogen and oxygen atoms in total. The minimum Gasteiger partial charge on any atom is -0.493 e. The molecule has 0 aromatic heterocycles. The van der Waals surface area contributed by atoms with Crippen LogP contribution >= 0.6 is 11.6 Å². The van der Waals surface area contributed by atoms with E-state index in [1.807, 2.05) is 12.1 Å². The molecule has 0 aliphatic heterocycles. The summed E-state index contributed by atoms with van der Waals surface area (Å²) >= 11 is 5.86. The SMILES string of the molecule is C=CCc1ccc(OCC(=O)N[C@@H](CC(=O)O)c2ccc(Cl)cc2)c(OC)c1. The van der Waals surface area contributed by atoms with Crippen LogP contribution in [0.5, 0.6) is 11.5 Å². The van der Waals surface area contributed by atoms with Crippen molar-refractivity contribution in [1.29, 1.82) is 0 Å². The maximum atomic E-state index is 12.3. The lowest BCUT2D eigenvalue weighted by Crippen LogP contribution is -2.33. The third kappa shape index (κ3) is 6.32.